The Bertz CT molecular complexity index is 570. The van der Waals surface area contributed by atoms with Gasteiger partial charge in [-0.1, -0.05) is 65.5 Å². The molecule has 4 rings (SSSR count). The average Bonchev–Trinajstić information content (AvgIpc) is 2.96. The monoisotopic (exact) mass is 376 g/mol. The molecule has 0 aromatic carbocycles. The second-order valence-electron chi connectivity index (χ2n) is 12.1. The van der Waals surface area contributed by atoms with E-state index in [2.05, 4.69) is 40.7 Å². The van der Waals surface area contributed by atoms with Gasteiger partial charge in [-0.3, -0.25) is 0 Å². The van der Waals surface area contributed by atoms with Gasteiger partial charge in [0.25, 0.3) is 0 Å². The Hall–Kier alpha value is -0.260. The summed E-state index contributed by atoms with van der Waals surface area (Å²) in [4.78, 5) is 0. The summed E-state index contributed by atoms with van der Waals surface area (Å²) < 4.78 is 0. The SMILES string of the molecule is CC(C)CCCC[C@H]1CCC2C3CC=C4C[C@@H](C)CC[C@]4(C)C3CC[C@@]21C.[HH].[HH].[HH]. The molecule has 0 spiro atoms. The van der Waals surface area contributed by atoms with E-state index in [1.807, 2.05) is 5.57 Å². The molecule has 0 aromatic heterocycles. The summed E-state index contributed by atoms with van der Waals surface area (Å²) in [6.45, 7) is 12.6. The Morgan fingerprint density at radius 2 is 1.85 bits per heavy atom. The van der Waals surface area contributed by atoms with Crippen LogP contribution in [0.4, 0.5) is 0 Å². The predicted octanol–water partition coefficient (Wildman–Crippen LogP) is 9.16. The van der Waals surface area contributed by atoms with Crippen LogP contribution in [0.1, 0.15) is 116 Å². The average molecular weight is 377 g/mol. The summed E-state index contributed by atoms with van der Waals surface area (Å²) in [6, 6.07) is 0. The lowest BCUT2D eigenvalue weighted by Gasteiger charge is -2.58. The summed E-state index contributed by atoms with van der Waals surface area (Å²) in [6.07, 6.45) is 20.6. The molecular formula is C27H52. The third kappa shape index (κ3) is 3.46. The topological polar surface area (TPSA) is 0 Å². The predicted molar refractivity (Wildman–Crippen MR) is 124 cm³/mol. The van der Waals surface area contributed by atoms with Gasteiger partial charge in [-0.25, -0.2) is 0 Å². The summed E-state index contributed by atoms with van der Waals surface area (Å²) in [5.74, 6) is 5.88. The molecule has 3 unspecified atom stereocenters. The molecule has 3 fully saturated rings. The molecule has 4 aliphatic carbocycles. The van der Waals surface area contributed by atoms with Gasteiger partial charge in [0.2, 0.25) is 0 Å². The molecule has 0 nitrogen and oxygen atoms in total. The second kappa shape index (κ2) is 7.53. The molecule has 160 valence electrons. The van der Waals surface area contributed by atoms with Crippen molar-refractivity contribution >= 4 is 0 Å². The molecule has 3 saturated carbocycles. The summed E-state index contributed by atoms with van der Waals surface area (Å²) in [5, 5.41) is 0. The maximum Gasteiger partial charge on any atom is 0 e. The molecule has 0 radical (unpaired) electrons. The molecule has 0 heterocycles. The van der Waals surface area contributed by atoms with E-state index < -0.39 is 0 Å². The molecule has 0 aromatic rings. The molecule has 0 amide bonds. The van der Waals surface area contributed by atoms with E-state index in [1.165, 1.54) is 70.6 Å². The Kier molecular flexibility index (Phi) is 5.59. The van der Waals surface area contributed by atoms with Crippen LogP contribution in [-0.4, -0.2) is 0 Å². The van der Waals surface area contributed by atoms with Crippen LogP contribution in [0.2, 0.25) is 0 Å². The van der Waals surface area contributed by atoms with E-state index >= 15 is 0 Å². The number of unbranched alkanes of at least 4 members (excludes halogenated alkanes) is 1. The maximum absolute atomic E-state index is 2.75. The van der Waals surface area contributed by atoms with Gasteiger partial charge < -0.3 is 0 Å². The highest BCUT2D eigenvalue weighted by molar-refractivity contribution is 5.24. The third-order valence-electron chi connectivity index (χ3n) is 10.1. The van der Waals surface area contributed by atoms with Crippen molar-refractivity contribution in [3.63, 3.8) is 0 Å². The minimum atomic E-state index is 0. The van der Waals surface area contributed by atoms with Crippen molar-refractivity contribution in [2.45, 2.75) is 112 Å². The molecular weight excluding hydrogens is 324 g/mol. The van der Waals surface area contributed by atoms with Gasteiger partial charge in [-0.2, -0.15) is 0 Å². The highest BCUT2D eigenvalue weighted by Crippen LogP contribution is 2.67. The van der Waals surface area contributed by atoms with Gasteiger partial charge in [-0.15, -0.1) is 0 Å². The first-order valence-corrected chi connectivity index (χ1v) is 12.5. The lowest BCUT2D eigenvalue weighted by Crippen LogP contribution is -2.49. The number of allylic oxidation sites excluding steroid dienone is 2. The second-order valence-corrected chi connectivity index (χ2v) is 12.1. The van der Waals surface area contributed by atoms with Crippen molar-refractivity contribution in [3.8, 4) is 0 Å². The summed E-state index contributed by atoms with van der Waals surface area (Å²) in [7, 11) is 0. The highest BCUT2D eigenvalue weighted by Gasteiger charge is 2.58. The van der Waals surface area contributed by atoms with Crippen molar-refractivity contribution < 1.29 is 4.28 Å². The van der Waals surface area contributed by atoms with E-state index in [0.29, 0.717) is 10.8 Å². The zero-order chi connectivity index (χ0) is 19.2. The van der Waals surface area contributed by atoms with Crippen molar-refractivity contribution in [3.05, 3.63) is 11.6 Å². The van der Waals surface area contributed by atoms with Crippen LogP contribution in [0.5, 0.6) is 0 Å². The fourth-order valence-electron chi connectivity index (χ4n) is 8.37. The first kappa shape index (κ1) is 20.0. The van der Waals surface area contributed by atoms with Crippen molar-refractivity contribution in [2.75, 3.05) is 0 Å². The number of rotatable bonds is 5. The van der Waals surface area contributed by atoms with Gasteiger partial charge >= 0.3 is 0 Å². The van der Waals surface area contributed by atoms with Crippen molar-refractivity contribution in [2.24, 2.45) is 46.3 Å². The van der Waals surface area contributed by atoms with Crippen molar-refractivity contribution in [1.82, 2.24) is 0 Å². The normalized spacial score (nSPS) is 46.6. The van der Waals surface area contributed by atoms with Crippen LogP contribution in [0.25, 0.3) is 0 Å². The van der Waals surface area contributed by atoms with E-state index in [1.54, 1.807) is 6.42 Å². The fraction of sp³-hybridized carbons (Fsp3) is 0.926. The number of hydrogen-bond donors (Lipinski definition) is 0. The van der Waals surface area contributed by atoms with Gasteiger partial charge in [0.05, 0.1) is 0 Å². The molecule has 7 atom stereocenters. The minimum Gasteiger partial charge on any atom is -0.0845 e. The Labute approximate surface area is 174 Å². The quantitative estimate of drug-likeness (QED) is 0.331. The standard InChI is InChI=1S/C27H46.3H2/c1-19(2)8-6-7-9-21-11-13-24-23-12-10-22-18-20(3)14-16-27(22,5)25(23)15-17-26(21,24)4;;;/h10,19-21,23-25H,6-9,11-18H2,1-5H3;3*1H/t20-,21-,23?,24?,25?,26+,27-;;;/m0.../s1. The summed E-state index contributed by atoms with van der Waals surface area (Å²) >= 11 is 0. The van der Waals surface area contributed by atoms with Crippen LogP contribution >= 0.6 is 0 Å². The van der Waals surface area contributed by atoms with Gasteiger partial charge in [0, 0.05) is 4.28 Å². The van der Waals surface area contributed by atoms with E-state index in [0.717, 1.165) is 35.5 Å². The molecule has 0 N–H and O–H groups in total. The van der Waals surface area contributed by atoms with Crippen LogP contribution in [0.15, 0.2) is 11.6 Å². The maximum atomic E-state index is 2.75. The Balaban J connectivity index is 0.00000150. The minimum absolute atomic E-state index is 0. The lowest BCUT2D eigenvalue weighted by atomic mass is 9.47. The third-order valence-corrected chi connectivity index (χ3v) is 10.1. The molecule has 0 saturated heterocycles. The highest BCUT2D eigenvalue weighted by atomic mass is 14.6. The van der Waals surface area contributed by atoms with E-state index in [9.17, 15) is 0 Å². The summed E-state index contributed by atoms with van der Waals surface area (Å²) in [5.41, 5.74) is 3.10. The zero-order valence-electron chi connectivity index (χ0n) is 19.0. The molecule has 27 heavy (non-hydrogen) atoms. The molecule has 0 heteroatoms. The Morgan fingerprint density at radius 1 is 1.04 bits per heavy atom. The van der Waals surface area contributed by atoms with Crippen LogP contribution in [0, 0.1) is 46.3 Å². The van der Waals surface area contributed by atoms with Crippen LogP contribution in [-0.2, 0) is 0 Å². The van der Waals surface area contributed by atoms with Gasteiger partial charge in [0.1, 0.15) is 0 Å². The van der Waals surface area contributed by atoms with E-state index in [-0.39, 0.29) is 4.28 Å². The molecule has 4 aliphatic rings. The number of fused-ring (bicyclic) bond motifs is 5. The molecule has 0 aliphatic heterocycles. The van der Waals surface area contributed by atoms with Crippen LogP contribution in [0.3, 0.4) is 0 Å². The fourth-order valence-corrected chi connectivity index (χ4v) is 8.37. The van der Waals surface area contributed by atoms with Crippen LogP contribution < -0.4 is 0 Å². The largest absolute Gasteiger partial charge is 0.0845 e. The Morgan fingerprint density at radius 3 is 2.63 bits per heavy atom. The van der Waals surface area contributed by atoms with Gasteiger partial charge in [0.15, 0.2) is 0 Å². The van der Waals surface area contributed by atoms with Crippen molar-refractivity contribution in [1.29, 1.82) is 0 Å². The number of hydrogen-bond acceptors (Lipinski definition) is 0. The van der Waals surface area contributed by atoms with E-state index in [4.69, 9.17) is 0 Å². The zero-order valence-corrected chi connectivity index (χ0v) is 19.0. The van der Waals surface area contributed by atoms with Gasteiger partial charge in [-0.05, 0) is 104 Å². The first-order chi connectivity index (χ1) is 12.8. The molecule has 0 bridgehead atoms. The smallest absolute Gasteiger partial charge is 0 e. The first-order valence-electron chi connectivity index (χ1n) is 12.5. The lowest BCUT2D eigenvalue weighted by molar-refractivity contribution is -0.0450.